The standard InChI is InChI=1S/3C25H54N.C3H4O4.ClH/c3*1-5-8-11-14-17-20-23-26(4,24-21-18-15-12-9-6-2)25-22-19-16-13-10-7-3;4-2(5)1-3(6)7;/h3*5-25H2,1-4H3;1H2,(H,4,5)(H,6,7);1H/q3*+1;;/p-3. The normalized spacial score (nSPS) is 11.5. The highest BCUT2D eigenvalue weighted by Crippen LogP contribution is 2.20. The topological polar surface area (TPSA) is 80.3 Å². The highest BCUT2D eigenvalue weighted by Gasteiger charge is 2.22. The molecule has 86 heavy (non-hydrogen) atoms. The molecule has 0 N–H and O–H groups in total. The number of carbonyl (C=O) groups is 2. The fourth-order valence-electron chi connectivity index (χ4n) is 12.6. The fraction of sp³-hybridized carbons (Fsp3) is 0.974. The van der Waals surface area contributed by atoms with Gasteiger partial charge in [-0.15, -0.1) is 0 Å². The summed E-state index contributed by atoms with van der Waals surface area (Å²) in [6, 6.07) is 0. The number of rotatable bonds is 65. The van der Waals surface area contributed by atoms with Crippen LogP contribution in [0.4, 0.5) is 0 Å². The Balaban J connectivity index is -0.000000358. The van der Waals surface area contributed by atoms with E-state index in [-0.39, 0.29) is 12.4 Å². The molecule has 0 heterocycles. The number of carbonyl (C=O) groups excluding carboxylic acids is 2. The maximum atomic E-state index is 9.28. The first-order valence-electron chi connectivity index (χ1n) is 39.1. The molecule has 0 rings (SSSR count). The minimum Gasteiger partial charge on any atom is -1.00 e. The Hall–Kier alpha value is -0.890. The Bertz CT molecular complexity index is 1010. The average Bonchev–Trinajstić information content (AvgIpc) is 3.66. The number of quaternary nitrogens is 3. The van der Waals surface area contributed by atoms with Gasteiger partial charge in [-0.1, -0.05) is 293 Å². The van der Waals surface area contributed by atoms with Crippen molar-refractivity contribution in [3.05, 3.63) is 0 Å². The molecule has 0 saturated carbocycles. The number of aliphatic carboxylic acids is 2. The van der Waals surface area contributed by atoms with Crippen molar-refractivity contribution in [1.29, 1.82) is 0 Å². The molecule has 0 unspecified atom stereocenters. The van der Waals surface area contributed by atoms with Gasteiger partial charge in [-0.3, -0.25) is 0 Å². The van der Waals surface area contributed by atoms with E-state index in [0.717, 1.165) is 0 Å². The van der Waals surface area contributed by atoms with Crippen LogP contribution in [0.1, 0.15) is 415 Å². The molecule has 0 bridgehead atoms. The van der Waals surface area contributed by atoms with Crippen molar-refractivity contribution >= 4 is 11.9 Å². The molecular formula is C78H164ClN3O4. The van der Waals surface area contributed by atoms with Gasteiger partial charge in [0.15, 0.2) is 0 Å². The van der Waals surface area contributed by atoms with Crippen LogP contribution >= 0.6 is 0 Å². The van der Waals surface area contributed by atoms with E-state index < -0.39 is 18.4 Å². The number of carboxylic acids is 2. The SMILES string of the molecule is CCCCCCCC[N+](C)(CCCCCCCC)CCCCCCCC.CCCCCCCC[N+](C)(CCCCCCCC)CCCCCCCC.CCCCCCCC[N+](C)(CCCCCCCC)CCCCCCCC.O=C([O-])CC(=O)[O-].[Cl-]. The van der Waals surface area contributed by atoms with E-state index in [0.29, 0.717) is 0 Å². The zero-order valence-corrected chi connectivity index (χ0v) is 62.4. The lowest BCUT2D eigenvalue weighted by Crippen LogP contribution is -3.00. The summed E-state index contributed by atoms with van der Waals surface area (Å²) < 4.78 is 4.07. The van der Waals surface area contributed by atoms with Crippen LogP contribution in [0.5, 0.6) is 0 Å². The van der Waals surface area contributed by atoms with Gasteiger partial charge in [0, 0.05) is 18.4 Å². The lowest BCUT2D eigenvalue weighted by molar-refractivity contribution is -0.910. The Kier molecular flexibility index (Phi) is 83.5. The second-order valence-electron chi connectivity index (χ2n) is 28.2. The van der Waals surface area contributed by atoms with Crippen molar-refractivity contribution in [2.75, 3.05) is 80.0 Å². The number of nitrogens with zero attached hydrogens (tertiary/aromatic N) is 3. The van der Waals surface area contributed by atoms with Gasteiger partial charge in [-0.05, 0) is 116 Å². The maximum absolute atomic E-state index is 9.28. The van der Waals surface area contributed by atoms with Crippen LogP contribution in [0.3, 0.4) is 0 Å². The van der Waals surface area contributed by atoms with Crippen LogP contribution in [0.25, 0.3) is 0 Å². The van der Waals surface area contributed by atoms with Crippen LogP contribution in [0, 0.1) is 0 Å². The summed E-state index contributed by atoms with van der Waals surface area (Å²) in [7, 11) is 7.68. The third kappa shape index (κ3) is 79.2. The molecule has 0 spiro atoms. The monoisotopic (exact) mass is 1240 g/mol. The molecule has 0 aliphatic carbocycles. The molecule has 0 aliphatic heterocycles. The van der Waals surface area contributed by atoms with Crippen molar-refractivity contribution in [3.63, 3.8) is 0 Å². The van der Waals surface area contributed by atoms with Gasteiger partial charge in [0.05, 0.1) is 80.0 Å². The van der Waals surface area contributed by atoms with Gasteiger partial charge in [-0.2, -0.15) is 0 Å². The van der Waals surface area contributed by atoms with Crippen molar-refractivity contribution in [2.24, 2.45) is 0 Å². The van der Waals surface area contributed by atoms with E-state index in [9.17, 15) is 19.8 Å². The smallest absolute Gasteiger partial charge is 0.0784 e. The molecule has 8 heteroatoms. The lowest BCUT2D eigenvalue weighted by atomic mass is 10.1. The maximum Gasteiger partial charge on any atom is 0.0784 e. The van der Waals surface area contributed by atoms with Gasteiger partial charge in [0.25, 0.3) is 0 Å². The third-order valence-corrected chi connectivity index (χ3v) is 18.8. The van der Waals surface area contributed by atoms with Crippen molar-refractivity contribution in [3.8, 4) is 0 Å². The first kappa shape index (κ1) is 93.8. The number of hydrogen-bond donors (Lipinski definition) is 0. The van der Waals surface area contributed by atoms with E-state index in [1.54, 1.807) is 0 Å². The predicted octanol–water partition coefficient (Wildman–Crippen LogP) is 19.4. The van der Waals surface area contributed by atoms with Crippen molar-refractivity contribution in [1.82, 2.24) is 0 Å². The molecule has 0 aromatic rings. The molecule has 0 amide bonds. The van der Waals surface area contributed by atoms with Gasteiger partial charge >= 0.3 is 0 Å². The molecule has 0 saturated heterocycles. The zero-order chi connectivity index (χ0) is 63.9. The minimum atomic E-state index is -1.63. The zero-order valence-electron chi connectivity index (χ0n) is 61.6. The Labute approximate surface area is 550 Å². The quantitative estimate of drug-likeness (QED) is 0.0345. The van der Waals surface area contributed by atoms with E-state index >= 15 is 0 Å². The summed E-state index contributed by atoms with van der Waals surface area (Å²) >= 11 is 0. The molecule has 0 atom stereocenters. The summed E-state index contributed by atoms with van der Waals surface area (Å²) in [4.78, 5) is 18.6. The molecule has 7 nitrogen and oxygen atoms in total. The fourth-order valence-corrected chi connectivity index (χ4v) is 12.6. The summed E-state index contributed by atoms with van der Waals surface area (Å²) in [5.41, 5.74) is 0. The first-order valence-corrected chi connectivity index (χ1v) is 39.1. The van der Waals surface area contributed by atoms with Crippen LogP contribution < -0.4 is 22.6 Å². The number of hydrogen-bond acceptors (Lipinski definition) is 4. The molecule has 522 valence electrons. The van der Waals surface area contributed by atoms with Crippen LogP contribution in [-0.4, -0.2) is 105 Å². The second-order valence-corrected chi connectivity index (χ2v) is 28.2. The van der Waals surface area contributed by atoms with E-state index in [1.165, 1.54) is 419 Å². The molecule has 0 radical (unpaired) electrons. The molecule has 0 fully saturated rings. The number of unbranched alkanes of at least 4 members (excludes halogenated alkanes) is 45. The Morgan fingerprint density at radius 3 is 0.372 bits per heavy atom. The van der Waals surface area contributed by atoms with Crippen LogP contribution in [-0.2, 0) is 9.59 Å². The van der Waals surface area contributed by atoms with Crippen LogP contribution in [0.15, 0.2) is 0 Å². The largest absolute Gasteiger partial charge is 1.00 e. The predicted molar refractivity (Wildman–Crippen MR) is 377 cm³/mol. The lowest BCUT2D eigenvalue weighted by Gasteiger charge is -2.35. The average molecular weight is 1240 g/mol. The van der Waals surface area contributed by atoms with E-state index in [1.807, 2.05) is 0 Å². The van der Waals surface area contributed by atoms with Crippen molar-refractivity contribution < 1.29 is 45.7 Å². The Morgan fingerprint density at radius 1 is 0.198 bits per heavy atom. The highest BCUT2D eigenvalue weighted by atomic mass is 35.5. The van der Waals surface area contributed by atoms with Gasteiger partial charge in [0.1, 0.15) is 0 Å². The van der Waals surface area contributed by atoms with E-state index in [4.69, 9.17) is 0 Å². The number of halogens is 1. The third-order valence-electron chi connectivity index (χ3n) is 18.8. The first-order chi connectivity index (χ1) is 41.2. The van der Waals surface area contributed by atoms with Gasteiger partial charge in [0.2, 0.25) is 0 Å². The Morgan fingerprint density at radius 2 is 0.291 bits per heavy atom. The summed E-state index contributed by atoms with van der Waals surface area (Å²) in [6.45, 7) is 33.7. The van der Waals surface area contributed by atoms with Crippen molar-refractivity contribution in [2.45, 2.75) is 415 Å². The molecule has 0 aromatic carbocycles. The summed E-state index contributed by atoms with van der Waals surface area (Å²) in [6.07, 6.45) is 76.6. The summed E-state index contributed by atoms with van der Waals surface area (Å²) in [5, 5.41) is 18.6. The molecule has 0 aliphatic rings. The minimum absolute atomic E-state index is 0. The molecule has 0 aromatic heterocycles. The molecular weight excluding hydrogens is 1080 g/mol. The van der Waals surface area contributed by atoms with Gasteiger partial charge < -0.3 is 45.7 Å². The van der Waals surface area contributed by atoms with Crippen LogP contribution in [0.2, 0.25) is 0 Å². The van der Waals surface area contributed by atoms with E-state index in [2.05, 4.69) is 83.5 Å². The number of carboxylic acid groups (broad SMARTS) is 2. The summed E-state index contributed by atoms with van der Waals surface area (Å²) in [5.74, 6) is -3.25. The van der Waals surface area contributed by atoms with Gasteiger partial charge in [-0.25, -0.2) is 0 Å². The second kappa shape index (κ2) is 76.6. The highest BCUT2D eigenvalue weighted by molar-refractivity contribution is 5.86.